The van der Waals surface area contributed by atoms with Crippen molar-refractivity contribution in [2.45, 2.75) is 32.1 Å². The van der Waals surface area contributed by atoms with Crippen molar-refractivity contribution in [1.29, 1.82) is 0 Å². The molecule has 126 valence electrons. The van der Waals surface area contributed by atoms with Crippen molar-refractivity contribution in [3.05, 3.63) is 71.6 Å². The minimum absolute atomic E-state index is 0.173. The molecule has 0 radical (unpaired) electrons. The van der Waals surface area contributed by atoms with Gasteiger partial charge in [0.25, 0.3) is 0 Å². The van der Waals surface area contributed by atoms with Crippen LogP contribution in [0.5, 0.6) is 0 Å². The van der Waals surface area contributed by atoms with Crippen molar-refractivity contribution in [1.82, 2.24) is 4.98 Å². The molecule has 0 spiro atoms. The first-order chi connectivity index (χ1) is 11.8. The number of allylic oxidation sites excluding steroid dienone is 1. The average Bonchev–Trinajstić information content (AvgIpc) is 2.63. The van der Waals surface area contributed by atoms with E-state index in [2.05, 4.69) is 35.3 Å². The van der Waals surface area contributed by atoms with Gasteiger partial charge in [-0.2, -0.15) is 0 Å². The van der Waals surface area contributed by atoms with E-state index < -0.39 is 0 Å². The van der Waals surface area contributed by atoms with E-state index in [1.54, 1.807) is 19.4 Å². The van der Waals surface area contributed by atoms with Gasteiger partial charge >= 0.3 is 0 Å². The molecular formula is C21H25NO2. The Balaban J connectivity index is 1.77. The molecule has 0 saturated heterocycles. The highest BCUT2D eigenvalue weighted by atomic mass is 16.5. The van der Waals surface area contributed by atoms with Crippen LogP contribution in [0.15, 0.2) is 54.9 Å². The lowest BCUT2D eigenvalue weighted by Crippen LogP contribution is -1.95. The third-order valence-corrected chi connectivity index (χ3v) is 3.89. The molecular weight excluding hydrogens is 298 g/mol. The highest BCUT2D eigenvalue weighted by Gasteiger charge is 1.98. The summed E-state index contributed by atoms with van der Waals surface area (Å²) in [6.07, 6.45) is 11.7. The second-order valence-corrected chi connectivity index (χ2v) is 5.85. The number of nitrogens with zero attached hydrogens (tertiary/aromatic N) is 1. The zero-order chi connectivity index (χ0) is 17.0. The van der Waals surface area contributed by atoms with E-state index in [1.807, 2.05) is 18.3 Å². The highest BCUT2D eigenvalue weighted by Crippen LogP contribution is 2.10. The van der Waals surface area contributed by atoms with Crippen LogP contribution < -0.4 is 0 Å². The van der Waals surface area contributed by atoms with Crippen LogP contribution in [0.1, 0.15) is 36.0 Å². The zero-order valence-electron chi connectivity index (χ0n) is 14.3. The maximum Gasteiger partial charge on any atom is 0.155 e. The van der Waals surface area contributed by atoms with Crippen molar-refractivity contribution in [3.8, 4) is 0 Å². The summed E-state index contributed by atoms with van der Waals surface area (Å²) in [6, 6.07) is 12.4. The van der Waals surface area contributed by atoms with Crippen LogP contribution in [0.3, 0.4) is 0 Å². The molecule has 24 heavy (non-hydrogen) atoms. The van der Waals surface area contributed by atoms with Crippen LogP contribution in [-0.4, -0.2) is 24.5 Å². The first-order valence-corrected chi connectivity index (χ1v) is 8.45. The number of hydrogen-bond acceptors (Lipinski definition) is 3. The predicted molar refractivity (Wildman–Crippen MR) is 97.9 cm³/mol. The van der Waals surface area contributed by atoms with Gasteiger partial charge in [0.1, 0.15) is 0 Å². The zero-order valence-corrected chi connectivity index (χ0v) is 14.3. The third-order valence-electron chi connectivity index (χ3n) is 3.89. The lowest BCUT2D eigenvalue weighted by molar-refractivity contribution is -0.114. The molecule has 1 aromatic heterocycles. The molecule has 3 nitrogen and oxygen atoms in total. The Bertz CT molecular complexity index is 633. The summed E-state index contributed by atoms with van der Waals surface area (Å²) in [5.41, 5.74) is 3.60. The van der Waals surface area contributed by atoms with Gasteiger partial charge in [0.05, 0.1) is 0 Å². The number of aromatic nitrogens is 1. The molecule has 1 heterocycles. The van der Waals surface area contributed by atoms with Gasteiger partial charge in [-0.25, -0.2) is 0 Å². The maximum atomic E-state index is 11.8. The van der Waals surface area contributed by atoms with Crippen LogP contribution >= 0.6 is 0 Å². The molecule has 3 heteroatoms. The number of benzene rings is 1. The van der Waals surface area contributed by atoms with E-state index in [-0.39, 0.29) is 5.78 Å². The third kappa shape index (κ3) is 6.88. The highest BCUT2D eigenvalue weighted by molar-refractivity contribution is 5.93. The fourth-order valence-electron chi connectivity index (χ4n) is 2.45. The number of unbranched alkanes of at least 4 members (excludes halogenated alkanes) is 1. The Morgan fingerprint density at radius 3 is 2.58 bits per heavy atom. The van der Waals surface area contributed by atoms with Crippen LogP contribution in [0, 0.1) is 0 Å². The second-order valence-electron chi connectivity index (χ2n) is 5.85. The van der Waals surface area contributed by atoms with Gasteiger partial charge in [0.15, 0.2) is 5.78 Å². The lowest BCUT2D eigenvalue weighted by atomic mass is 10.0. The molecule has 0 fully saturated rings. The molecule has 0 aliphatic carbocycles. The standard InChI is InChI=1S/C21H25NO2/c1-24-16-3-2-6-21(23)14-13-19-9-7-18(8-10-19)11-12-20-5-4-15-22-17-20/h4-5,7-10,13-15,17H,2-3,6,11-12,16H2,1H3. The summed E-state index contributed by atoms with van der Waals surface area (Å²) in [5.74, 6) is 0.173. The lowest BCUT2D eigenvalue weighted by Gasteiger charge is -2.02. The summed E-state index contributed by atoms with van der Waals surface area (Å²) in [7, 11) is 1.68. The number of rotatable bonds is 10. The van der Waals surface area contributed by atoms with E-state index in [1.165, 1.54) is 11.1 Å². The number of methoxy groups -OCH3 is 1. The molecule has 0 unspecified atom stereocenters. The summed E-state index contributed by atoms with van der Waals surface area (Å²) in [4.78, 5) is 15.9. The van der Waals surface area contributed by atoms with E-state index in [0.717, 1.165) is 37.9 Å². The smallest absolute Gasteiger partial charge is 0.155 e. The summed E-state index contributed by atoms with van der Waals surface area (Å²) < 4.78 is 4.98. The largest absolute Gasteiger partial charge is 0.385 e. The van der Waals surface area contributed by atoms with Gasteiger partial charge in [-0.1, -0.05) is 36.4 Å². The first-order valence-electron chi connectivity index (χ1n) is 8.45. The molecule has 0 aliphatic rings. The number of hydrogen-bond donors (Lipinski definition) is 0. The fraction of sp³-hybridized carbons (Fsp3) is 0.333. The van der Waals surface area contributed by atoms with Crippen LogP contribution in [0.2, 0.25) is 0 Å². The number of pyridine rings is 1. The van der Waals surface area contributed by atoms with Crippen molar-refractivity contribution >= 4 is 11.9 Å². The summed E-state index contributed by atoms with van der Waals surface area (Å²) in [6.45, 7) is 0.720. The van der Waals surface area contributed by atoms with Crippen molar-refractivity contribution in [2.24, 2.45) is 0 Å². The Morgan fingerprint density at radius 2 is 1.88 bits per heavy atom. The number of carbonyl (C=O) groups is 1. The minimum Gasteiger partial charge on any atom is -0.385 e. The molecule has 0 N–H and O–H groups in total. The van der Waals surface area contributed by atoms with E-state index in [0.29, 0.717) is 6.42 Å². The summed E-state index contributed by atoms with van der Waals surface area (Å²) in [5, 5.41) is 0. The second kappa shape index (κ2) is 10.5. The van der Waals surface area contributed by atoms with E-state index in [4.69, 9.17) is 4.74 Å². The molecule has 1 aromatic carbocycles. The first kappa shape index (κ1) is 18.1. The van der Waals surface area contributed by atoms with Gasteiger partial charge in [-0.05, 0) is 54.5 Å². The Hall–Kier alpha value is -2.26. The van der Waals surface area contributed by atoms with Gasteiger partial charge in [-0.15, -0.1) is 0 Å². The number of carbonyl (C=O) groups excluding carboxylic acids is 1. The quantitative estimate of drug-likeness (QED) is 0.484. The maximum absolute atomic E-state index is 11.8. The number of ether oxygens (including phenoxy) is 1. The molecule has 0 bridgehead atoms. The van der Waals surface area contributed by atoms with Crippen molar-refractivity contribution in [2.75, 3.05) is 13.7 Å². The van der Waals surface area contributed by atoms with Gasteiger partial charge in [-0.3, -0.25) is 9.78 Å². The SMILES string of the molecule is COCCCCC(=O)C=Cc1ccc(CCc2cccnc2)cc1. The van der Waals surface area contributed by atoms with Gasteiger partial charge in [0.2, 0.25) is 0 Å². The van der Waals surface area contributed by atoms with Gasteiger partial charge in [0, 0.05) is 32.5 Å². The summed E-state index contributed by atoms with van der Waals surface area (Å²) >= 11 is 0. The Morgan fingerprint density at radius 1 is 1.08 bits per heavy atom. The van der Waals surface area contributed by atoms with E-state index >= 15 is 0 Å². The van der Waals surface area contributed by atoms with Crippen LogP contribution in [0.25, 0.3) is 6.08 Å². The topological polar surface area (TPSA) is 39.2 Å². The van der Waals surface area contributed by atoms with Crippen LogP contribution in [-0.2, 0) is 22.4 Å². The minimum atomic E-state index is 0.173. The van der Waals surface area contributed by atoms with Gasteiger partial charge < -0.3 is 4.74 Å². The molecule has 0 atom stereocenters. The molecule has 0 amide bonds. The predicted octanol–water partition coefficient (Wildman–Crippen LogP) is 4.27. The Kier molecular flexibility index (Phi) is 7.91. The average molecular weight is 323 g/mol. The molecule has 2 rings (SSSR count). The van der Waals surface area contributed by atoms with E-state index in [9.17, 15) is 4.79 Å². The van der Waals surface area contributed by atoms with Crippen molar-refractivity contribution in [3.63, 3.8) is 0 Å². The Labute approximate surface area is 144 Å². The monoisotopic (exact) mass is 323 g/mol. The number of ketones is 1. The normalized spacial score (nSPS) is 11.0. The number of aryl methyl sites for hydroxylation is 2. The molecule has 2 aromatic rings. The fourth-order valence-corrected chi connectivity index (χ4v) is 2.45. The molecule has 0 saturated carbocycles. The van der Waals surface area contributed by atoms with Crippen molar-refractivity contribution < 1.29 is 9.53 Å². The van der Waals surface area contributed by atoms with Crippen LogP contribution in [0.4, 0.5) is 0 Å². The molecule has 0 aliphatic heterocycles.